The van der Waals surface area contributed by atoms with Gasteiger partial charge in [-0.25, -0.2) is 4.79 Å². The first-order valence-corrected chi connectivity index (χ1v) is 13.3. The number of carbonyl (C=O) groups excluding carboxylic acids is 2. The number of ether oxygens (including phenoxy) is 2. The number of piperazine rings is 1. The molecule has 0 aliphatic carbocycles. The Hall–Kier alpha value is -5.26. The highest BCUT2D eigenvalue weighted by Gasteiger charge is 2.26. The molecule has 0 saturated carbocycles. The van der Waals surface area contributed by atoms with Crippen LogP contribution in [0.25, 0.3) is 0 Å². The van der Waals surface area contributed by atoms with Crippen molar-refractivity contribution >= 4 is 35.0 Å². The molecule has 6 N–H and O–H groups in total. The number of nitrogens with zero attached hydrogens (tertiary/aromatic N) is 2. The Balaban J connectivity index is 1.43. The largest absolute Gasteiger partial charge is 0.495 e. The van der Waals surface area contributed by atoms with Crippen LogP contribution in [0.5, 0.6) is 11.5 Å². The summed E-state index contributed by atoms with van der Waals surface area (Å²) in [6.07, 6.45) is 0. The van der Waals surface area contributed by atoms with E-state index in [1.54, 1.807) is 60.5 Å². The summed E-state index contributed by atoms with van der Waals surface area (Å²) >= 11 is 0. The summed E-state index contributed by atoms with van der Waals surface area (Å²) in [5.74, 6) is -0.889. The van der Waals surface area contributed by atoms with Crippen molar-refractivity contribution in [2.75, 3.05) is 56.7 Å². The maximum absolute atomic E-state index is 13.5. The van der Waals surface area contributed by atoms with Crippen LogP contribution in [-0.4, -0.2) is 80.1 Å². The topological polar surface area (TPSA) is 170 Å². The van der Waals surface area contributed by atoms with Crippen molar-refractivity contribution in [1.82, 2.24) is 10.2 Å². The number of amides is 2. The molecule has 1 heterocycles. The number of amidine groups is 1. The molecule has 0 spiro atoms. The van der Waals surface area contributed by atoms with Gasteiger partial charge in [0.15, 0.2) is 6.61 Å². The predicted molar refractivity (Wildman–Crippen MR) is 158 cm³/mol. The quantitative estimate of drug-likeness (QED) is 0.160. The van der Waals surface area contributed by atoms with Gasteiger partial charge in [-0.05, 0) is 42.0 Å². The molecule has 3 aromatic rings. The van der Waals surface area contributed by atoms with E-state index in [0.29, 0.717) is 43.0 Å². The highest BCUT2D eigenvalue weighted by molar-refractivity contribution is 5.96. The highest BCUT2D eigenvalue weighted by Crippen LogP contribution is 2.28. The number of nitrogen functional groups attached to an aromatic ring is 1. The molecular weight excluding hydrogens is 540 g/mol. The van der Waals surface area contributed by atoms with Crippen LogP contribution in [0, 0.1) is 5.41 Å². The van der Waals surface area contributed by atoms with Gasteiger partial charge in [-0.3, -0.25) is 15.0 Å². The number of aliphatic carboxylic acids is 1. The first-order chi connectivity index (χ1) is 20.2. The number of nitrogens with one attached hydrogen (secondary N) is 3. The van der Waals surface area contributed by atoms with E-state index in [2.05, 4.69) is 15.5 Å². The minimum atomic E-state index is -1.13. The van der Waals surface area contributed by atoms with Crippen molar-refractivity contribution in [2.24, 2.45) is 5.73 Å². The van der Waals surface area contributed by atoms with Gasteiger partial charge in [0.05, 0.1) is 19.3 Å². The van der Waals surface area contributed by atoms with E-state index in [1.165, 1.54) is 0 Å². The fourth-order valence-electron chi connectivity index (χ4n) is 4.64. The van der Waals surface area contributed by atoms with Gasteiger partial charge in [0.25, 0.3) is 0 Å². The molecule has 1 unspecified atom stereocenters. The lowest BCUT2D eigenvalue weighted by Gasteiger charge is -2.36. The molecule has 42 heavy (non-hydrogen) atoms. The van der Waals surface area contributed by atoms with Gasteiger partial charge in [0.1, 0.15) is 23.4 Å². The van der Waals surface area contributed by atoms with E-state index in [9.17, 15) is 14.4 Å². The van der Waals surface area contributed by atoms with Crippen LogP contribution in [0.4, 0.5) is 11.4 Å². The van der Waals surface area contributed by atoms with Crippen molar-refractivity contribution in [2.45, 2.75) is 6.04 Å². The monoisotopic (exact) mass is 574 g/mol. The summed E-state index contributed by atoms with van der Waals surface area (Å²) in [6, 6.07) is 20.0. The molecule has 0 bridgehead atoms. The van der Waals surface area contributed by atoms with Crippen molar-refractivity contribution in [3.63, 3.8) is 0 Å². The molecule has 1 aliphatic rings. The molecule has 2 amide bonds. The summed E-state index contributed by atoms with van der Waals surface area (Å²) in [6.45, 7) is 1.51. The first-order valence-electron chi connectivity index (χ1n) is 13.3. The summed E-state index contributed by atoms with van der Waals surface area (Å²) in [5.41, 5.74) is 8.09. The Morgan fingerprint density at radius 2 is 1.74 bits per heavy atom. The zero-order valence-electron chi connectivity index (χ0n) is 23.2. The highest BCUT2D eigenvalue weighted by atomic mass is 16.5. The maximum Gasteiger partial charge on any atom is 0.341 e. The van der Waals surface area contributed by atoms with Gasteiger partial charge in [0.2, 0.25) is 11.8 Å². The molecule has 12 heteroatoms. The molecule has 0 radical (unpaired) electrons. The van der Waals surface area contributed by atoms with E-state index in [1.807, 2.05) is 24.3 Å². The third kappa shape index (κ3) is 7.68. The fourth-order valence-corrected chi connectivity index (χ4v) is 4.64. The Labute approximate surface area is 243 Å². The zero-order valence-corrected chi connectivity index (χ0v) is 23.2. The lowest BCUT2D eigenvalue weighted by Crippen LogP contribution is -2.51. The number of carbonyl (C=O) groups is 3. The Kier molecular flexibility index (Phi) is 9.82. The van der Waals surface area contributed by atoms with Crippen molar-refractivity contribution in [3.8, 4) is 11.5 Å². The summed E-state index contributed by atoms with van der Waals surface area (Å²) in [4.78, 5) is 41.3. The number of benzene rings is 3. The van der Waals surface area contributed by atoms with Crippen LogP contribution in [0.15, 0.2) is 72.8 Å². The van der Waals surface area contributed by atoms with Gasteiger partial charge in [-0.15, -0.1) is 0 Å². The van der Waals surface area contributed by atoms with Crippen LogP contribution in [0.1, 0.15) is 17.2 Å². The Morgan fingerprint density at radius 3 is 2.45 bits per heavy atom. The van der Waals surface area contributed by atoms with Gasteiger partial charge < -0.3 is 40.7 Å². The second-order valence-electron chi connectivity index (χ2n) is 9.58. The van der Waals surface area contributed by atoms with Crippen LogP contribution < -0.4 is 30.7 Å². The molecule has 0 aromatic heterocycles. The average molecular weight is 575 g/mol. The number of anilines is 2. The molecule has 1 atom stereocenters. The second kappa shape index (κ2) is 13.9. The predicted octanol–water partition coefficient (Wildman–Crippen LogP) is 2.06. The van der Waals surface area contributed by atoms with Gasteiger partial charge in [-0.2, -0.15) is 0 Å². The molecular formula is C30H34N6O6. The zero-order chi connectivity index (χ0) is 30.1. The van der Waals surface area contributed by atoms with Crippen LogP contribution in [-0.2, 0) is 14.4 Å². The smallest absolute Gasteiger partial charge is 0.341 e. The van der Waals surface area contributed by atoms with Crippen molar-refractivity contribution in [3.05, 3.63) is 83.9 Å². The van der Waals surface area contributed by atoms with E-state index in [-0.39, 0.29) is 24.0 Å². The van der Waals surface area contributed by atoms with E-state index in [0.717, 1.165) is 11.4 Å². The number of carboxylic acids is 1. The number of nitrogens with two attached hydrogens (primary N) is 1. The third-order valence-electron chi connectivity index (χ3n) is 6.77. The SMILES string of the molecule is COc1ccccc1N1CCN(C(=O)CNC(=O)C(Nc2cccc(C(=N)N)c2)c2cccc(OCC(=O)O)c2)CC1. The summed E-state index contributed by atoms with van der Waals surface area (Å²) in [7, 11) is 1.63. The number of hydrogen-bond acceptors (Lipinski definition) is 8. The molecule has 1 fully saturated rings. The Bertz CT molecular complexity index is 1440. The maximum atomic E-state index is 13.5. The van der Waals surface area contributed by atoms with Gasteiger partial charge in [0, 0.05) is 37.4 Å². The lowest BCUT2D eigenvalue weighted by atomic mass is 10.0. The minimum absolute atomic E-state index is 0.125. The number of carboxylic acid groups (broad SMARTS) is 1. The second-order valence-corrected chi connectivity index (χ2v) is 9.58. The summed E-state index contributed by atoms with van der Waals surface area (Å²) in [5, 5.41) is 22.6. The fraction of sp³-hybridized carbons (Fsp3) is 0.267. The first kappa shape index (κ1) is 29.7. The molecule has 1 aliphatic heterocycles. The number of rotatable bonds is 12. The van der Waals surface area contributed by atoms with E-state index >= 15 is 0 Å². The Morgan fingerprint density at radius 1 is 1.00 bits per heavy atom. The molecule has 4 rings (SSSR count). The molecule has 220 valence electrons. The van der Waals surface area contributed by atoms with Crippen LogP contribution >= 0.6 is 0 Å². The standard InChI is InChI=1S/C30H34N6O6/c1-41-25-11-3-2-10-24(25)35-12-14-36(15-13-35)26(37)18-33-30(40)28(34-22-8-4-7-21(16-22)29(31)32)20-6-5-9-23(17-20)42-19-27(38)39/h2-11,16-17,28,34H,12-15,18-19H2,1H3,(H3,31,32)(H,33,40)(H,38,39). The number of para-hydroxylation sites is 2. The molecule has 1 saturated heterocycles. The number of hydrogen-bond donors (Lipinski definition) is 5. The normalized spacial score (nSPS) is 13.5. The van der Waals surface area contributed by atoms with E-state index < -0.39 is 24.5 Å². The van der Waals surface area contributed by atoms with Gasteiger partial charge in [-0.1, -0.05) is 36.4 Å². The van der Waals surface area contributed by atoms with Crippen LogP contribution in [0.2, 0.25) is 0 Å². The van der Waals surface area contributed by atoms with Crippen molar-refractivity contribution in [1.29, 1.82) is 5.41 Å². The third-order valence-corrected chi connectivity index (χ3v) is 6.77. The summed E-state index contributed by atoms with van der Waals surface area (Å²) < 4.78 is 10.8. The van der Waals surface area contributed by atoms with Gasteiger partial charge >= 0.3 is 5.97 Å². The lowest BCUT2D eigenvalue weighted by molar-refractivity contribution is -0.139. The van der Waals surface area contributed by atoms with Crippen molar-refractivity contribution < 1.29 is 29.0 Å². The molecule has 3 aromatic carbocycles. The number of methoxy groups -OCH3 is 1. The molecule has 12 nitrogen and oxygen atoms in total. The minimum Gasteiger partial charge on any atom is -0.495 e. The average Bonchev–Trinajstić information content (AvgIpc) is 3.01. The van der Waals surface area contributed by atoms with Crippen LogP contribution in [0.3, 0.4) is 0 Å². The van der Waals surface area contributed by atoms with E-state index in [4.69, 9.17) is 25.7 Å².